The monoisotopic (exact) mass is 129 g/mol. The zero-order chi connectivity index (χ0) is 7.28. The fraction of sp³-hybridized carbons (Fsp3) is 0.833. The van der Waals surface area contributed by atoms with E-state index in [0.29, 0.717) is 5.92 Å². The van der Waals surface area contributed by atoms with Crippen LogP contribution < -0.4 is 5.84 Å². The number of nitrogens with two attached hydrogens (primary N) is 1. The van der Waals surface area contributed by atoms with E-state index in [0.717, 1.165) is 13.0 Å². The maximum Gasteiger partial charge on any atom is 0.0555 e. The molecule has 0 radical (unpaired) electrons. The van der Waals surface area contributed by atoms with Crippen molar-refractivity contribution in [2.24, 2.45) is 16.9 Å². The zero-order valence-electron chi connectivity index (χ0n) is 6.17. The highest BCUT2D eigenvalue weighted by atomic mass is 15.6. The van der Waals surface area contributed by atoms with E-state index in [1.165, 1.54) is 5.12 Å². The van der Waals surface area contributed by atoms with Crippen LogP contribution in [0.3, 0.4) is 0 Å². The van der Waals surface area contributed by atoms with Crippen LogP contribution in [-0.4, -0.2) is 18.4 Å². The normalized spacial score (nSPS) is 12.8. The van der Waals surface area contributed by atoms with Crippen molar-refractivity contribution >= 4 is 6.72 Å². The number of rotatable bonds is 4. The molecule has 54 valence electrons. The van der Waals surface area contributed by atoms with E-state index >= 15 is 0 Å². The second-order valence-corrected chi connectivity index (χ2v) is 2.28. The molecule has 3 nitrogen and oxygen atoms in total. The Labute approximate surface area is 56.5 Å². The summed E-state index contributed by atoms with van der Waals surface area (Å²) in [6, 6.07) is 0. The molecule has 1 atom stereocenters. The number of hydrogen-bond acceptors (Lipinski definition) is 3. The van der Waals surface area contributed by atoms with Gasteiger partial charge in [-0.3, -0.25) is 0 Å². The van der Waals surface area contributed by atoms with Crippen LogP contribution in [0.4, 0.5) is 0 Å². The van der Waals surface area contributed by atoms with Gasteiger partial charge in [0.2, 0.25) is 0 Å². The maximum atomic E-state index is 5.35. The van der Waals surface area contributed by atoms with Crippen LogP contribution in [0.1, 0.15) is 20.3 Å². The van der Waals surface area contributed by atoms with Gasteiger partial charge in [-0.1, -0.05) is 20.3 Å². The van der Waals surface area contributed by atoms with E-state index < -0.39 is 0 Å². The van der Waals surface area contributed by atoms with E-state index in [1.54, 1.807) is 0 Å². The summed E-state index contributed by atoms with van der Waals surface area (Å²) in [5, 5.41) is 4.91. The summed E-state index contributed by atoms with van der Waals surface area (Å²) in [6.45, 7) is 8.35. The topological polar surface area (TPSA) is 41.6 Å². The fourth-order valence-electron chi connectivity index (χ4n) is 0.506. The summed E-state index contributed by atoms with van der Waals surface area (Å²) in [5.41, 5.74) is 0. The summed E-state index contributed by atoms with van der Waals surface area (Å²) >= 11 is 0. The molecular formula is C6H15N3. The SMILES string of the molecule is C=NN(N)CC(C)CC. The van der Waals surface area contributed by atoms with Gasteiger partial charge in [-0.15, -0.1) is 0 Å². The number of hydrazine groups is 1. The van der Waals surface area contributed by atoms with Gasteiger partial charge in [-0.05, 0) is 5.92 Å². The van der Waals surface area contributed by atoms with E-state index in [9.17, 15) is 0 Å². The van der Waals surface area contributed by atoms with Crippen molar-refractivity contribution in [1.82, 2.24) is 5.12 Å². The van der Waals surface area contributed by atoms with Gasteiger partial charge in [0.15, 0.2) is 0 Å². The second kappa shape index (κ2) is 4.32. The third kappa shape index (κ3) is 3.97. The molecule has 0 aliphatic heterocycles. The van der Waals surface area contributed by atoms with Gasteiger partial charge in [0.05, 0.1) is 6.54 Å². The molecule has 0 amide bonds. The number of hydrazone groups is 1. The van der Waals surface area contributed by atoms with E-state index in [-0.39, 0.29) is 0 Å². The van der Waals surface area contributed by atoms with Crippen molar-refractivity contribution in [2.45, 2.75) is 20.3 Å². The summed E-state index contributed by atoms with van der Waals surface area (Å²) in [4.78, 5) is 0. The van der Waals surface area contributed by atoms with Crippen LogP contribution in [0.5, 0.6) is 0 Å². The minimum absolute atomic E-state index is 0.598. The van der Waals surface area contributed by atoms with E-state index in [1.807, 2.05) is 0 Å². The van der Waals surface area contributed by atoms with Crippen molar-refractivity contribution in [3.63, 3.8) is 0 Å². The Hall–Kier alpha value is -0.570. The molecule has 0 aliphatic carbocycles. The minimum Gasteiger partial charge on any atom is -0.233 e. The molecule has 0 spiro atoms. The molecular weight excluding hydrogens is 114 g/mol. The summed E-state index contributed by atoms with van der Waals surface area (Å²) in [7, 11) is 0. The largest absolute Gasteiger partial charge is 0.233 e. The standard InChI is InChI=1S/C6H15N3/c1-4-6(2)5-9(7)8-3/h6H,3-5,7H2,1-2H3. The van der Waals surface area contributed by atoms with E-state index in [4.69, 9.17) is 5.84 Å². The van der Waals surface area contributed by atoms with Crippen LogP contribution in [0.2, 0.25) is 0 Å². The number of nitrogens with zero attached hydrogens (tertiary/aromatic N) is 2. The number of hydrogen-bond donors (Lipinski definition) is 1. The first-order valence-corrected chi connectivity index (χ1v) is 3.19. The maximum absolute atomic E-state index is 5.35. The van der Waals surface area contributed by atoms with Crippen LogP contribution >= 0.6 is 0 Å². The Balaban J connectivity index is 3.33. The molecule has 0 aliphatic rings. The lowest BCUT2D eigenvalue weighted by molar-refractivity contribution is 0.254. The van der Waals surface area contributed by atoms with Gasteiger partial charge in [0.25, 0.3) is 0 Å². The van der Waals surface area contributed by atoms with Crippen molar-refractivity contribution < 1.29 is 0 Å². The Kier molecular flexibility index (Phi) is 4.05. The molecule has 0 rings (SSSR count). The quantitative estimate of drug-likeness (QED) is 0.347. The first kappa shape index (κ1) is 8.43. The second-order valence-electron chi connectivity index (χ2n) is 2.28. The Morgan fingerprint density at radius 2 is 2.33 bits per heavy atom. The highest BCUT2D eigenvalue weighted by molar-refractivity contribution is 5.22. The van der Waals surface area contributed by atoms with Crippen LogP contribution in [-0.2, 0) is 0 Å². The van der Waals surface area contributed by atoms with Gasteiger partial charge in [0, 0.05) is 6.72 Å². The Morgan fingerprint density at radius 3 is 2.67 bits per heavy atom. The Bertz CT molecular complexity index is 82.4. The molecule has 0 aromatic carbocycles. The van der Waals surface area contributed by atoms with Crippen molar-refractivity contribution in [3.05, 3.63) is 0 Å². The Morgan fingerprint density at radius 1 is 1.78 bits per heavy atom. The molecule has 0 heterocycles. The molecule has 0 aromatic heterocycles. The summed E-state index contributed by atoms with van der Waals surface area (Å²) in [6.07, 6.45) is 1.13. The lowest BCUT2D eigenvalue weighted by atomic mass is 10.1. The third-order valence-electron chi connectivity index (χ3n) is 1.38. The highest BCUT2D eigenvalue weighted by Gasteiger charge is 1.99. The van der Waals surface area contributed by atoms with Crippen LogP contribution in [0.15, 0.2) is 5.10 Å². The van der Waals surface area contributed by atoms with Crippen molar-refractivity contribution in [3.8, 4) is 0 Å². The first-order chi connectivity index (χ1) is 4.20. The molecule has 2 N–H and O–H groups in total. The van der Waals surface area contributed by atoms with Gasteiger partial charge >= 0.3 is 0 Å². The minimum atomic E-state index is 0.598. The molecule has 0 saturated carbocycles. The van der Waals surface area contributed by atoms with Crippen molar-refractivity contribution in [1.29, 1.82) is 0 Å². The molecule has 9 heavy (non-hydrogen) atoms. The van der Waals surface area contributed by atoms with Gasteiger partial charge in [0.1, 0.15) is 0 Å². The molecule has 1 unspecified atom stereocenters. The molecule has 0 fully saturated rings. The smallest absolute Gasteiger partial charge is 0.0555 e. The lowest BCUT2D eigenvalue weighted by Crippen LogP contribution is -2.29. The zero-order valence-corrected chi connectivity index (χ0v) is 6.17. The average molecular weight is 129 g/mol. The first-order valence-electron chi connectivity index (χ1n) is 3.19. The molecule has 0 bridgehead atoms. The molecule has 0 aromatic rings. The highest BCUT2D eigenvalue weighted by Crippen LogP contribution is 2.00. The van der Waals surface area contributed by atoms with Crippen LogP contribution in [0, 0.1) is 5.92 Å². The predicted molar refractivity (Wildman–Crippen MR) is 39.9 cm³/mol. The fourth-order valence-corrected chi connectivity index (χ4v) is 0.506. The summed E-state index contributed by atoms with van der Waals surface area (Å²) < 4.78 is 0. The lowest BCUT2D eigenvalue weighted by Gasteiger charge is -2.15. The predicted octanol–water partition coefficient (Wildman–Crippen LogP) is 0.824. The summed E-state index contributed by atoms with van der Waals surface area (Å²) in [5.74, 6) is 5.95. The van der Waals surface area contributed by atoms with Gasteiger partial charge in [-0.2, -0.15) is 5.10 Å². The van der Waals surface area contributed by atoms with Crippen LogP contribution in [0.25, 0.3) is 0 Å². The van der Waals surface area contributed by atoms with Gasteiger partial charge < -0.3 is 0 Å². The van der Waals surface area contributed by atoms with Gasteiger partial charge in [-0.25, -0.2) is 11.0 Å². The average Bonchev–Trinajstić information content (AvgIpc) is 1.87. The third-order valence-corrected chi connectivity index (χ3v) is 1.38. The van der Waals surface area contributed by atoms with Crippen molar-refractivity contribution in [2.75, 3.05) is 6.54 Å². The molecule has 0 saturated heterocycles. The van der Waals surface area contributed by atoms with E-state index in [2.05, 4.69) is 25.7 Å². The molecule has 3 heteroatoms.